The molecule has 1 aromatic carbocycles. The van der Waals surface area contributed by atoms with E-state index in [1.165, 1.54) is 12.1 Å². The second-order valence-electron chi connectivity index (χ2n) is 5.18. The fraction of sp³-hybridized carbons (Fsp3) is 0.500. The molecule has 1 aliphatic rings. The van der Waals surface area contributed by atoms with Crippen LogP contribution in [0.4, 0.5) is 0 Å². The van der Waals surface area contributed by atoms with Crippen LogP contribution < -0.4 is 5.73 Å². The first-order valence-electron chi connectivity index (χ1n) is 6.99. The van der Waals surface area contributed by atoms with Crippen molar-refractivity contribution in [2.45, 2.75) is 43.5 Å². The van der Waals surface area contributed by atoms with Gasteiger partial charge in [0.2, 0.25) is 10.0 Å². The van der Waals surface area contributed by atoms with Crippen molar-refractivity contribution < 1.29 is 8.42 Å². The summed E-state index contributed by atoms with van der Waals surface area (Å²) in [6, 6.07) is 4.60. The molecule has 1 atom stereocenters. The minimum absolute atomic E-state index is 0.0674. The molecule has 0 radical (unpaired) electrons. The van der Waals surface area contributed by atoms with Crippen molar-refractivity contribution >= 4 is 38.8 Å². The van der Waals surface area contributed by atoms with Crippen molar-refractivity contribution in [2.75, 3.05) is 6.54 Å². The van der Waals surface area contributed by atoms with Crippen LogP contribution in [0.2, 0.25) is 5.02 Å². The van der Waals surface area contributed by atoms with Gasteiger partial charge in [0.1, 0.15) is 4.99 Å². The quantitative estimate of drug-likeness (QED) is 0.851. The van der Waals surface area contributed by atoms with Gasteiger partial charge in [-0.1, -0.05) is 37.2 Å². The topological polar surface area (TPSA) is 63.4 Å². The van der Waals surface area contributed by atoms with Gasteiger partial charge in [0.05, 0.1) is 9.92 Å². The van der Waals surface area contributed by atoms with Crippen LogP contribution in [-0.4, -0.2) is 30.3 Å². The molecule has 7 heteroatoms. The van der Waals surface area contributed by atoms with Gasteiger partial charge < -0.3 is 5.73 Å². The number of thiocarbonyl (C=S) groups is 1. The predicted molar refractivity (Wildman–Crippen MR) is 89.2 cm³/mol. The first-order chi connectivity index (χ1) is 9.87. The van der Waals surface area contributed by atoms with E-state index in [2.05, 4.69) is 0 Å². The molecule has 0 spiro atoms. The second-order valence-corrected chi connectivity index (χ2v) is 7.92. The number of hydrogen-bond donors (Lipinski definition) is 1. The van der Waals surface area contributed by atoms with Crippen molar-refractivity contribution in [3.05, 3.63) is 28.8 Å². The third-order valence-corrected chi connectivity index (χ3v) is 6.34. The molecule has 0 amide bonds. The normalized spacial score (nSPS) is 20.4. The van der Waals surface area contributed by atoms with Gasteiger partial charge in [0.25, 0.3) is 0 Å². The molecule has 1 aliphatic heterocycles. The van der Waals surface area contributed by atoms with Crippen LogP contribution in [0, 0.1) is 0 Å². The molecular formula is C14H19ClN2O2S2. The molecule has 4 nitrogen and oxygen atoms in total. The summed E-state index contributed by atoms with van der Waals surface area (Å²) in [5.41, 5.74) is 6.04. The molecule has 1 aromatic rings. The number of piperidine rings is 1. The lowest BCUT2D eigenvalue weighted by Gasteiger charge is -2.34. The minimum Gasteiger partial charge on any atom is -0.389 e. The van der Waals surface area contributed by atoms with Gasteiger partial charge >= 0.3 is 0 Å². The Labute approximate surface area is 136 Å². The van der Waals surface area contributed by atoms with Crippen molar-refractivity contribution in [3.8, 4) is 0 Å². The van der Waals surface area contributed by atoms with Crippen LogP contribution in [0.5, 0.6) is 0 Å². The Hall–Kier alpha value is -0.690. The molecule has 1 saturated heterocycles. The maximum atomic E-state index is 12.8. The summed E-state index contributed by atoms with van der Waals surface area (Å²) < 4.78 is 27.2. The molecule has 0 saturated carbocycles. The first kappa shape index (κ1) is 16.7. The highest BCUT2D eigenvalue weighted by Crippen LogP contribution is 2.29. The summed E-state index contributed by atoms with van der Waals surface area (Å²) in [6.07, 6.45) is 3.70. The van der Waals surface area contributed by atoms with E-state index in [-0.39, 0.29) is 20.9 Å². The Bertz CT molecular complexity index is 646. The van der Waals surface area contributed by atoms with Crippen molar-refractivity contribution in [1.82, 2.24) is 4.31 Å². The van der Waals surface area contributed by atoms with Gasteiger partial charge in [-0.3, -0.25) is 0 Å². The highest BCUT2D eigenvalue weighted by atomic mass is 35.5. The minimum atomic E-state index is -3.52. The Morgan fingerprint density at radius 3 is 2.76 bits per heavy atom. The number of rotatable bonds is 4. The summed E-state index contributed by atoms with van der Waals surface area (Å²) in [7, 11) is -3.52. The average molecular weight is 347 g/mol. The first-order valence-corrected chi connectivity index (χ1v) is 9.21. The van der Waals surface area contributed by atoms with E-state index in [1.807, 2.05) is 6.92 Å². The lowest BCUT2D eigenvalue weighted by atomic mass is 10.0. The summed E-state index contributed by atoms with van der Waals surface area (Å²) in [5, 5.41) is 0.272. The molecule has 0 aliphatic carbocycles. The molecule has 2 N–H and O–H groups in total. The van der Waals surface area contributed by atoms with E-state index in [0.717, 1.165) is 25.7 Å². The Morgan fingerprint density at radius 2 is 2.19 bits per heavy atom. The molecule has 2 rings (SSSR count). The lowest BCUT2D eigenvalue weighted by Crippen LogP contribution is -2.43. The van der Waals surface area contributed by atoms with Gasteiger partial charge in [-0.15, -0.1) is 0 Å². The van der Waals surface area contributed by atoms with E-state index in [9.17, 15) is 8.42 Å². The third-order valence-electron chi connectivity index (χ3n) is 3.86. The molecule has 0 bridgehead atoms. The fourth-order valence-electron chi connectivity index (χ4n) is 2.69. The average Bonchev–Trinajstić information content (AvgIpc) is 2.46. The number of hydrogen-bond acceptors (Lipinski definition) is 3. The molecule has 1 heterocycles. The number of nitrogens with zero attached hydrogens (tertiary/aromatic N) is 1. The van der Waals surface area contributed by atoms with Gasteiger partial charge in [0.15, 0.2) is 0 Å². The van der Waals surface area contributed by atoms with Crippen LogP contribution in [0.15, 0.2) is 23.1 Å². The lowest BCUT2D eigenvalue weighted by molar-refractivity contribution is 0.246. The van der Waals surface area contributed by atoms with Crippen LogP contribution in [0.1, 0.15) is 38.2 Å². The monoisotopic (exact) mass is 346 g/mol. The Morgan fingerprint density at radius 1 is 1.48 bits per heavy atom. The number of nitrogens with two attached hydrogens (primary N) is 1. The van der Waals surface area contributed by atoms with Gasteiger partial charge in [-0.05, 0) is 37.5 Å². The Balaban J connectivity index is 2.39. The van der Waals surface area contributed by atoms with Crippen LogP contribution in [0.3, 0.4) is 0 Å². The summed E-state index contributed by atoms with van der Waals surface area (Å²) in [6.45, 7) is 2.58. The maximum Gasteiger partial charge on any atom is 0.243 e. The van der Waals surface area contributed by atoms with Gasteiger partial charge in [0, 0.05) is 18.2 Å². The zero-order chi connectivity index (χ0) is 15.6. The number of halogens is 1. The zero-order valence-electron chi connectivity index (χ0n) is 11.9. The smallest absolute Gasteiger partial charge is 0.243 e. The molecule has 1 unspecified atom stereocenters. The third kappa shape index (κ3) is 3.39. The zero-order valence-corrected chi connectivity index (χ0v) is 14.3. The van der Waals surface area contributed by atoms with Crippen molar-refractivity contribution in [1.29, 1.82) is 0 Å². The predicted octanol–water partition coefficient (Wildman–Crippen LogP) is 2.93. The van der Waals surface area contributed by atoms with Gasteiger partial charge in [-0.25, -0.2) is 8.42 Å². The summed E-state index contributed by atoms with van der Waals surface area (Å²) >= 11 is 11.0. The van der Waals surface area contributed by atoms with E-state index in [1.54, 1.807) is 10.4 Å². The van der Waals surface area contributed by atoms with E-state index in [0.29, 0.717) is 12.1 Å². The van der Waals surface area contributed by atoms with Crippen LogP contribution >= 0.6 is 23.8 Å². The molecule has 21 heavy (non-hydrogen) atoms. The molecule has 116 valence electrons. The molecular weight excluding hydrogens is 328 g/mol. The van der Waals surface area contributed by atoms with E-state index in [4.69, 9.17) is 29.6 Å². The fourth-order valence-corrected chi connectivity index (χ4v) is 5.06. The van der Waals surface area contributed by atoms with Crippen molar-refractivity contribution in [3.63, 3.8) is 0 Å². The highest BCUT2D eigenvalue weighted by molar-refractivity contribution is 7.89. The maximum absolute atomic E-state index is 12.8. The summed E-state index contributed by atoms with van der Waals surface area (Å²) in [4.78, 5) is 0.362. The number of sulfonamides is 1. The Kier molecular flexibility index (Phi) is 5.24. The van der Waals surface area contributed by atoms with Crippen molar-refractivity contribution in [2.24, 2.45) is 5.73 Å². The summed E-state index contributed by atoms with van der Waals surface area (Å²) in [5.74, 6) is 0. The molecule has 1 fully saturated rings. The SMILES string of the molecule is CCC1CCCCN1S(=O)(=O)c1ccc(C(N)=S)c(Cl)c1. The van der Waals surface area contributed by atoms with Gasteiger partial charge in [-0.2, -0.15) is 4.31 Å². The van der Waals surface area contributed by atoms with Crippen LogP contribution in [0.25, 0.3) is 0 Å². The highest BCUT2D eigenvalue weighted by Gasteiger charge is 2.32. The van der Waals surface area contributed by atoms with Crippen LogP contribution in [-0.2, 0) is 10.0 Å². The standard InChI is InChI=1S/C14H19ClN2O2S2/c1-2-10-5-3-4-8-17(10)21(18,19)11-6-7-12(14(16)20)13(15)9-11/h6-7,9-10H,2-5,8H2,1H3,(H2,16,20). The second kappa shape index (κ2) is 6.60. The van der Waals surface area contributed by atoms with E-state index >= 15 is 0 Å². The van der Waals surface area contributed by atoms with E-state index < -0.39 is 10.0 Å². The molecule has 0 aromatic heterocycles. The largest absolute Gasteiger partial charge is 0.389 e. The number of benzene rings is 1.